The Hall–Kier alpha value is -3.72. The molecule has 4 N–H and O–H groups in total. The van der Waals surface area contributed by atoms with Crippen LogP contribution in [0.1, 0.15) is 28.8 Å². The van der Waals surface area contributed by atoms with Crippen molar-refractivity contribution in [2.75, 3.05) is 18.0 Å². The van der Waals surface area contributed by atoms with Crippen LogP contribution in [0.3, 0.4) is 0 Å². The first-order valence-electron chi connectivity index (χ1n) is 9.72. The minimum absolute atomic E-state index is 0.0876. The van der Waals surface area contributed by atoms with Gasteiger partial charge in [-0.15, -0.1) is 5.10 Å². The number of hydrogen-bond acceptors (Lipinski definition) is 6. The van der Waals surface area contributed by atoms with E-state index in [-0.39, 0.29) is 11.9 Å². The number of nitrogens with one attached hydrogen (secondary N) is 3. The molecular weight excluding hydrogens is 384 g/mol. The Morgan fingerprint density at radius 1 is 1.17 bits per heavy atom. The minimum atomic E-state index is -0.574. The van der Waals surface area contributed by atoms with Crippen molar-refractivity contribution in [3.8, 4) is 0 Å². The molecule has 1 fully saturated rings. The van der Waals surface area contributed by atoms with E-state index in [1.807, 2.05) is 24.3 Å². The lowest BCUT2D eigenvalue weighted by Gasteiger charge is -2.34. The zero-order valence-electron chi connectivity index (χ0n) is 16.2. The van der Waals surface area contributed by atoms with Crippen LogP contribution in [-0.4, -0.2) is 51.6 Å². The molecule has 2 heterocycles. The number of carbonyl (C=O) groups is 2. The second kappa shape index (κ2) is 8.75. The number of benzene rings is 2. The fraction of sp³-hybridized carbons (Fsp3) is 0.238. The van der Waals surface area contributed by atoms with E-state index in [0.717, 1.165) is 42.7 Å². The van der Waals surface area contributed by atoms with Crippen LogP contribution >= 0.6 is 0 Å². The molecule has 4 rings (SSSR count). The number of piperidine rings is 1. The Morgan fingerprint density at radius 3 is 2.77 bits per heavy atom. The molecule has 1 aliphatic heterocycles. The van der Waals surface area contributed by atoms with Gasteiger partial charge in [0.2, 0.25) is 0 Å². The maximum absolute atomic E-state index is 12.6. The number of fused-ring (bicyclic) bond motifs is 1. The molecule has 9 heteroatoms. The summed E-state index contributed by atoms with van der Waals surface area (Å²) in [6.45, 7) is 1.56. The fourth-order valence-electron chi connectivity index (χ4n) is 3.64. The molecule has 0 bridgehead atoms. The third-order valence-corrected chi connectivity index (χ3v) is 5.22. The number of hydrogen-bond donors (Lipinski definition) is 4. The van der Waals surface area contributed by atoms with Crippen molar-refractivity contribution < 1.29 is 14.8 Å². The van der Waals surface area contributed by atoms with Crippen LogP contribution in [-0.2, 0) is 4.79 Å². The van der Waals surface area contributed by atoms with Crippen molar-refractivity contribution in [1.29, 1.82) is 0 Å². The molecule has 9 nitrogen and oxygen atoms in total. The number of hydroxylamine groups is 1. The average molecular weight is 406 g/mol. The molecule has 1 aliphatic rings. The van der Waals surface area contributed by atoms with Gasteiger partial charge in [-0.25, -0.2) is 5.48 Å². The van der Waals surface area contributed by atoms with Crippen molar-refractivity contribution in [3.05, 3.63) is 59.7 Å². The lowest BCUT2D eigenvalue weighted by Crippen LogP contribution is -2.44. The quantitative estimate of drug-likeness (QED) is 0.291. The van der Waals surface area contributed by atoms with Gasteiger partial charge in [0.1, 0.15) is 5.52 Å². The van der Waals surface area contributed by atoms with Gasteiger partial charge in [-0.2, -0.15) is 0 Å². The Balaban J connectivity index is 1.38. The molecule has 1 aromatic heterocycles. The van der Waals surface area contributed by atoms with E-state index in [0.29, 0.717) is 11.1 Å². The first kappa shape index (κ1) is 19.6. The van der Waals surface area contributed by atoms with Crippen LogP contribution in [0.25, 0.3) is 17.1 Å². The third-order valence-electron chi connectivity index (χ3n) is 5.22. The molecule has 2 aromatic carbocycles. The van der Waals surface area contributed by atoms with Gasteiger partial charge < -0.3 is 10.2 Å². The zero-order chi connectivity index (χ0) is 20.9. The maximum Gasteiger partial charge on any atom is 0.267 e. The van der Waals surface area contributed by atoms with Gasteiger partial charge in [0.15, 0.2) is 0 Å². The summed E-state index contributed by atoms with van der Waals surface area (Å²) >= 11 is 0. The van der Waals surface area contributed by atoms with Crippen molar-refractivity contribution in [2.45, 2.75) is 18.9 Å². The number of anilines is 1. The number of para-hydroxylation sites is 1. The summed E-state index contributed by atoms with van der Waals surface area (Å²) in [5, 5.41) is 22.2. The summed E-state index contributed by atoms with van der Waals surface area (Å²) in [7, 11) is 0. The highest BCUT2D eigenvalue weighted by molar-refractivity contribution is 5.97. The van der Waals surface area contributed by atoms with E-state index in [9.17, 15) is 9.59 Å². The maximum atomic E-state index is 12.6. The van der Waals surface area contributed by atoms with Crippen molar-refractivity contribution in [1.82, 2.24) is 26.2 Å². The fourth-order valence-corrected chi connectivity index (χ4v) is 3.64. The molecule has 0 unspecified atom stereocenters. The first-order chi connectivity index (χ1) is 14.6. The van der Waals surface area contributed by atoms with E-state index in [2.05, 4.69) is 25.6 Å². The van der Waals surface area contributed by atoms with Crippen molar-refractivity contribution >= 4 is 34.6 Å². The second-order valence-electron chi connectivity index (χ2n) is 7.15. The van der Waals surface area contributed by atoms with Crippen LogP contribution in [0.5, 0.6) is 0 Å². The monoisotopic (exact) mass is 406 g/mol. The smallest absolute Gasteiger partial charge is 0.267 e. The van der Waals surface area contributed by atoms with Crippen LogP contribution < -0.4 is 15.7 Å². The number of carbonyl (C=O) groups excluding carboxylic acids is 2. The second-order valence-corrected chi connectivity index (χ2v) is 7.15. The predicted molar refractivity (Wildman–Crippen MR) is 112 cm³/mol. The van der Waals surface area contributed by atoms with E-state index in [1.54, 1.807) is 29.8 Å². The molecule has 0 radical (unpaired) electrons. The van der Waals surface area contributed by atoms with Crippen LogP contribution in [0, 0.1) is 0 Å². The lowest BCUT2D eigenvalue weighted by molar-refractivity contribution is -0.124. The van der Waals surface area contributed by atoms with Crippen LogP contribution in [0.15, 0.2) is 48.5 Å². The Kier molecular flexibility index (Phi) is 5.71. The molecule has 0 atom stereocenters. The third kappa shape index (κ3) is 4.31. The highest BCUT2D eigenvalue weighted by Gasteiger charge is 2.22. The van der Waals surface area contributed by atoms with E-state index < -0.39 is 5.91 Å². The van der Waals surface area contributed by atoms with Crippen LogP contribution in [0.2, 0.25) is 0 Å². The van der Waals surface area contributed by atoms with Gasteiger partial charge in [0.25, 0.3) is 11.8 Å². The minimum Gasteiger partial charge on any atom is -0.371 e. The molecule has 2 amide bonds. The highest BCUT2D eigenvalue weighted by Crippen LogP contribution is 2.25. The molecule has 30 heavy (non-hydrogen) atoms. The standard InChI is InChI=1S/C21H22N6O3/c28-20(25-30)8-6-14-3-1-2-4-19(14)27-11-9-16(10-12-27)22-21(29)15-5-7-17-18(13-15)24-26-23-17/h1-8,13,16,30H,9-12H2,(H,22,29)(H,25,28)(H,23,24,26)/b8-6+. The summed E-state index contributed by atoms with van der Waals surface area (Å²) in [6.07, 6.45) is 4.59. The summed E-state index contributed by atoms with van der Waals surface area (Å²) in [5.74, 6) is -0.688. The van der Waals surface area contributed by atoms with Gasteiger partial charge in [0.05, 0.1) is 5.52 Å². The predicted octanol–water partition coefficient (Wildman–Crippen LogP) is 1.88. The number of aromatic amines is 1. The molecule has 0 saturated carbocycles. The summed E-state index contributed by atoms with van der Waals surface area (Å²) in [6, 6.07) is 13.2. The van der Waals surface area contributed by atoms with Gasteiger partial charge in [-0.3, -0.25) is 19.9 Å². The lowest BCUT2D eigenvalue weighted by atomic mass is 10.0. The molecule has 0 aliphatic carbocycles. The molecular formula is C21H22N6O3. The Morgan fingerprint density at radius 2 is 1.97 bits per heavy atom. The van der Waals surface area contributed by atoms with Gasteiger partial charge >= 0.3 is 0 Å². The summed E-state index contributed by atoms with van der Waals surface area (Å²) in [4.78, 5) is 26.1. The number of aromatic nitrogens is 3. The van der Waals surface area contributed by atoms with Gasteiger partial charge in [-0.1, -0.05) is 23.4 Å². The summed E-state index contributed by atoms with van der Waals surface area (Å²) in [5.41, 5.74) is 5.52. The topological polar surface area (TPSA) is 123 Å². The largest absolute Gasteiger partial charge is 0.371 e. The van der Waals surface area contributed by atoms with Crippen molar-refractivity contribution in [3.63, 3.8) is 0 Å². The molecule has 3 aromatic rings. The molecule has 1 saturated heterocycles. The summed E-state index contributed by atoms with van der Waals surface area (Å²) < 4.78 is 0. The van der Waals surface area contributed by atoms with Gasteiger partial charge in [0, 0.05) is 36.5 Å². The highest BCUT2D eigenvalue weighted by atomic mass is 16.5. The zero-order valence-corrected chi connectivity index (χ0v) is 16.2. The average Bonchev–Trinajstić information content (AvgIpc) is 3.26. The van der Waals surface area contributed by atoms with Gasteiger partial charge in [-0.05, 0) is 48.7 Å². The van der Waals surface area contributed by atoms with E-state index >= 15 is 0 Å². The van der Waals surface area contributed by atoms with Crippen molar-refractivity contribution in [2.24, 2.45) is 0 Å². The SMILES string of the molecule is O=C(/C=C/c1ccccc1N1CCC(NC(=O)c2ccc3[nH]nnc3c2)CC1)NO. The van der Waals surface area contributed by atoms with E-state index in [4.69, 9.17) is 5.21 Å². The Bertz CT molecular complexity index is 1090. The normalized spacial score (nSPS) is 14.9. The molecule has 154 valence electrons. The first-order valence-corrected chi connectivity index (χ1v) is 9.72. The number of amides is 2. The number of H-pyrrole nitrogens is 1. The van der Waals surface area contributed by atoms with Crippen LogP contribution in [0.4, 0.5) is 5.69 Å². The molecule has 0 spiro atoms. The van der Waals surface area contributed by atoms with E-state index in [1.165, 1.54) is 6.08 Å². The number of nitrogens with zero attached hydrogens (tertiary/aromatic N) is 3. The Labute approximate surface area is 172 Å². The number of rotatable bonds is 5.